The van der Waals surface area contributed by atoms with Crippen molar-refractivity contribution < 1.29 is 19.1 Å². The summed E-state index contributed by atoms with van der Waals surface area (Å²) in [7, 11) is 1.32. The van der Waals surface area contributed by atoms with Gasteiger partial charge in [0.1, 0.15) is 12.2 Å². The lowest BCUT2D eigenvalue weighted by Gasteiger charge is -2.33. The van der Waals surface area contributed by atoms with Crippen LogP contribution in [0.2, 0.25) is 0 Å². The minimum Gasteiger partial charge on any atom is -0.465 e. The number of ether oxygens (including phenoxy) is 2. The zero-order valence-electron chi connectivity index (χ0n) is 13.9. The molecule has 2 heterocycles. The summed E-state index contributed by atoms with van der Waals surface area (Å²) in [4.78, 5) is 28.2. The molecule has 1 aromatic heterocycles. The Balaban J connectivity index is 2.04. The van der Waals surface area contributed by atoms with E-state index in [-0.39, 0.29) is 6.61 Å². The number of aromatic nitrogens is 3. The molecule has 0 radical (unpaired) electrons. The number of fused-ring (bicyclic) bond motifs is 1. The highest BCUT2D eigenvalue weighted by Crippen LogP contribution is 2.37. The maximum Gasteiger partial charge on any atom is 0.337 e. The standard InChI is InChI=1S/C17H18N4O4/c1-4-25-16(23)13-10(2)20-17-18-9-19-21(17)14(13)11-5-7-12(8-6-11)15(22)24-3/h5-9,13-14H,2,4H2,1,3H3,(H,18,19,20). The molecule has 1 N–H and O–H groups in total. The van der Waals surface area contributed by atoms with E-state index in [1.165, 1.54) is 13.4 Å². The summed E-state index contributed by atoms with van der Waals surface area (Å²) in [5.41, 5.74) is 1.69. The molecule has 130 valence electrons. The van der Waals surface area contributed by atoms with Crippen molar-refractivity contribution in [3.8, 4) is 0 Å². The lowest BCUT2D eigenvalue weighted by molar-refractivity contribution is -0.147. The predicted octanol–water partition coefficient (Wildman–Crippen LogP) is 1.77. The van der Waals surface area contributed by atoms with Gasteiger partial charge in [0.2, 0.25) is 5.95 Å². The van der Waals surface area contributed by atoms with Crippen molar-refractivity contribution >= 4 is 17.9 Å². The lowest BCUT2D eigenvalue weighted by Crippen LogP contribution is -2.37. The molecule has 2 unspecified atom stereocenters. The summed E-state index contributed by atoms with van der Waals surface area (Å²) in [6, 6.07) is 6.33. The molecule has 25 heavy (non-hydrogen) atoms. The van der Waals surface area contributed by atoms with E-state index in [2.05, 4.69) is 22.0 Å². The number of nitrogens with zero attached hydrogens (tertiary/aromatic N) is 3. The highest BCUT2D eigenvalue weighted by atomic mass is 16.5. The Morgan fingerprint density at radius 1 is 1.32 bits per heavy atom. The average Bonchev–Trinajstić information content (AvgIpc) is 3.08. The molecule has 0 fully saturated rings. The number of anilines is 1. The van der Waals surface area contributed by atoms with E-state index in [4.69, 9.17) is 9.47 Å². The van der Waals surface area contributed by atoms with Gasteiger partial charge >= 0.3 is 11.9 Å². The number of esters is 2. The molecule has 0 bridgehead atoms. The maximum atomic E-state index is 12.5. The third-order valence-corrected chi connectivity index (χ3v) is 4.01. The summed E-state index contributed by atoms with van der Waals surface area (Å²) in [5.74, 6) is -1.00. The van der Waals surface area contributed by atoms with E-state index < -0.39 is 23.9 Å². The topological polar surface area (TPSA) is 95.3 Å². The fourth-order valence-electron chi connectivity index (χ4n) is 2.87. The zero-order chi connectivity index (χ0) is 18.0. The van der Waals surface area contributed by atoms with E-state index in [1.54, 1.807) is 35.9 Å². The molecular weight excluding hydrogens is 324 g/mol. The fraction of sp³-hybridized carbons (Fsp3) is 0.294. The van der Waals surface area contributed by atoms with Crippen LogP contribution in [0.25, 0.3) is 0 Å². The third kappa shape index (κ3) is 2.98. The van der Waals surface area contributed by atoms with Gasteiger partial charge in [0.25, 0.3) is 0 Å². The monoisotopic (exact) mass is 342 g/mol. The van der Waals surface area contributed by atoms with E-state index in [9.17, 15) is 9.59 Å². The quantitative estimate of drug-likeness (QED) is 0.846. The fourth-order valence-corrected chi connectivity index (χ4v) is 2.87. The molecule has 0 saturated heterocycles. The van der Waals surface area contributed by atoms with Crippen LogP contribution in [-0.4, -0.2) is 40.4 Å². The Morgan fingerprint density at radius 3 is 2.68 bits per heavy atom. The van der Waals surface area contributed by atoms with Crippen molar-refractivity contribution in [3.63, 3.8) is 0 Å². The van der Waals surface area contributed by atoms with E-state index in [0.717, 1.165) is 5.56 Å². The number of methoxy groups -OCH3 is 1. The van der Waals surface area contributed by atoms with Gasteiger partial charge in [0, 0.05) is 5.70 Å². The van der Waals surface area contributed by atoms with Crippen molar-refractivity contribution in [2.24, 2.45) is 5.92 Å². The third-order valence-electron chi connectivity index (χ3n) is 4.01. The first-order chi connectivity index (χ1) is 12.1. The minimum absolute atomic E-state index is 0.265. The second kappa shape index (κ2) is 6.76. The molecule has 8 nitrogen and oxygen atoms in total. The number of benzene rings is 1. The normalized spacial score (nSPS) is 18.9. The molecule has 1 aliphatic heterocycles. The van der Waals surface area contributed by atoms with Gasteiger partial charge in [-0.2, -0.15) is 10.1 Å². The van der Waals surface area contributed by atoms with Crippen LogP contribution in [-0.2, 0) is 14.3 Å². The SMILES string of the molecule is C=C1Nc2ncnn2C(c2ccc(C(=O)OC)cc2)C1C(=O)OCC. The van der Waals surface area contributed by atoms with Gasteiger partial charge in [-0.05, 0) is 24.6 Å². The summed E-state index contributed by atoms with van der Waals surface area (Å²) in [6.45, 7) is 5.96. The largest absolute Gasteiger partial charge is 0.465 e. The molecular formula is C17H18N4O4. The molecule has 2 aromatic rings. The summed E-state index contributed by atoms with van der Waals surface area (Å²) < 4.78 is 11.5. The Kier molecular flexibility index (Phi) is 4.51. The molecule has 0 spiro atoms. The molecule has 1 aliphatic rings. The highest BCUT2D eigenvalue weighted by Gasteiger charge is 2.40. The number of nitrogens with one attached hydrogen (secondary N) is 1. The van der Waals surface area contributed by atoms with Crippen LogP contribution in [0.15, 0.2) is 42.9 Å². The Labute approximate surface area is 144 Å². The van der Waals surface area contributed by atoms with Crippen LogP contribution in [0.1, 0.15) is 28.9 Å². The highest BCUT2D eigenvalue weighted by molar-refractivity contribution is 5.89. The van der Waals surface area contributed by atoms with E-state index in [1.807, 2.05) is 0 Å². The number of rotatable bonds is 4. The van der Waals surface area contributed by atoms with Crippen molar-refractivity contribution in [2.45, 2.75) is 13.0 Å². The van der Waals surface area contributed by atoms with Gasteiger partial charge in [-0.25, -0.2) is 9.48 Å². The number of hydrogen-bond donors (Lipinski definition) is 1. The Morgan fingerprint density at radius 2 is 2.04 bits per heavy atom. The summed E-state index contributed by atoms with van der Waals surface area (Å²) >= 11 is 0. The zero-order valence-corrected chi connectivity index (χ0v) is 13.9. The maximum absolute atomic E-state index is 12.5. The van der Waals surface area contributed by atoms with Crippen molar-refractivity contribution in [3.05, 3.63) is 54.0 Å². The average molecular weight is 342 g/mol. The number of hydrogen-bond acceptors (Lipinski definition) is 7. The first-order valence-electron chi connectivity index (χ1n) is 7.77. The van der Waals surface area contributed by atoms with E-state index >= 15 is 0 Å². The van der Waals surface area contributed by atoms with Crippen molar-refractivity contribution in [1.29, 1.82) is 0 Å². The molecule has 0 amide bonds. The summed E-state index contributed by atoms with van der Waals surface area (Å²) in [6.07, 6.45) is 1.40. The molecule has 2 atom stereocenters. The van der Waals surface area contributed by atoms with Gasteiger partial charge in [-0.15, -0.1) is 0 Å². The molecule has 8 heteroatoms. The van der Waals surface area contributed by atoms with E-state index in [0.29, 0.717) is 17.2 Å². The lowest BCUT2D eigenvalue weighted by atomic mass is 9.89. The van der Waals surface area contributed by atoms with Crippen molar-refractivity contribution in [2.75, 3.05) is 19.0 Å². The predicted molar refractivity (Wildman–Crippen MR) is 88.8 cm³/mol. The van der Waals surface area contributed by atoms with Crippen LogP contribution in [0.4, 0.5) is 5.95 Å². The van der Waals surface area contributed by atoms with Gasteiger partial charge in [-0.3, -0.25) is 4.79 Å². The molecule has 3 rings (SSSR count). The molecule has 0 saturated carbocycles. The Bertz CT molecular complexity index is 812. The second-order valence-corrected chi connectivity index (χ2v) is 5.47. The first kappa shape index (κ1) is 16.7. The molecule has 1 aromatic carbocycles. The smallest absolute Gasteiger partial charge is 0.337 e. The minimum atomic E-state index is -0.668. The van der Waals surface area contributed by atoms with Crippen LogP contribution < -0.4 is 5.32 Å². The number of carbonyl (C=O) groups is 2. The first-order valence-corrected chi connectivity index (χ1v) is 7.77. The second-order valence-electron chi connectivity index (χ2n) is 5.47. The van der Waals surface area contributed by atoms with Gasteiger partial charge < -0.3 is 14.8 Å². The Hall–Kier alpha value is -3.16. The van der Waals surface area contributed by atoms with Gasteiger partial charge in [0.15, 0.2) is 0 Å². The summed E-state index contributed by atoms with van der Waals surface area (Å²) in [5, 5.41) is 7.21. The van der Waals surface area contributed by atoms with Crippen LogP contribution in [0.3, 0.4) is 0 Å². The molecule has 0 aliphatic carbocycles. The van der Waals surface area contributed by atoms with Gasteiger partial charge in [-0.1, -0.05) is 18.7 Å². The van der Waals surface area contributed by atoms with Crippen LogP contribution in [0.5, 0.6) is 0 Å². The van der Waals surface area contributed by atoms with Gasteiger partial charge in [0.05, 0.1) is 25.3 Å². The number of carbonyl (C=O) groups excluding carboxylic acids is 2. The van der Waals surface area contributed by atoms with Crippen LogP contribution in [0, 0.1) is 5.92 Å². The van der Waals surface area contributed by atoms with Crippen molar-refractivity contribution in [1.82, 2.24) is 14.8 Å². The van der Waals surface area contributed by atoms with Crippen LogP contribution >= 0.6 is 0 Å².